The first-order valence-corrected chi connectivity index (χ1v) is 10.2. The van der Waals surface area contributed by atoms with E-state index in [2.05, 4.69) is 24.0 Å². The fourth-order valence-corrected chi connectivity index (χ4v) is 3.18. The molecule has 0 N–H and O–H groups in total. The monoisotopic (exact) mass is 377 g/mol. The second kappa shape index (κ2) is 10.0. The van der Waals surface area contributed by atoms with Gasteiger partial charge in [-0.25, -0.2) is 4.39 Å². The summed E-state index contributed by atoms with van der Waals surface area (Å²) in [6.07, 6.45) is 7.64. The van der Waals surface area contributed by atoms with E-state index in [1.54, 1.807) is 6.07 Å². The lowest BCUT2D eigenvalue weighted by atomic mass is 10.0. The van der Waals surface area contributed by atoms with Crippen molar-refractivity contribution in [2.24, 2.45) is 0 Å². The number of hydrogen-bond acceptors (Lipinski definition) is 2. The number of ether oxygens (including phenoxy) is 1. The molecule has 2 aromatic carbocycles. The highest BCUT2D eigenvalue weighted by Crippen LogP contribution is 2.28. The van der Waals surface area contributed by atoms with Crippen molar-refractivity contribution in [2.45, 2.75) is 46.0 Å². The lowest BCUT2D eigenvalue weighted by Crippen LogP contribution is -1.96. The maximum atomic E-state index is 14.5. The van der Waals surface area contributed by atoms with Gasteiger partial charge in [-0.3, -0.25) is 4.98 Å². The van der Waals surface area contributed by atoms with Gasteiger partial charge in [-0.05, 0) is 48.6 Å². The first-order chi connectivity index (χ1) is 13.7. The largest absolute Gasteiger partial charge is 0.494 e. The summed E-state index contributed by atoms with van der Waals surface area (Å²) in [6, 6.07) is 17.1. The maximum Gasteiger partial charge on any atom is 0.134 e. The summed E-state index contributed by atoms with van der Waals surface area (Å²) >= 11 is 0. The first kappa shape index (κ1) is 20.1. The molecule has 146 valence electrons. The van der Waals surface area contributed by atoms with Crippen molar-refractivity contribution in [3.63, 3.8) is 0 Å². The van der Waals surface area contributed by atoms with Crippen LogP contribution in [0.25, 0.3) is 22.4 Å². The zero-order valence-electron chi connectivity index (χ0n) is 16.7. The zero-order valence-corrected chi connectivity index (χ0v) is 16.7. The van der Waals surface area contributed by atoms with Crippen molar-refractivity contribution in [3.05, 3.63) is 72.2 Å². The first-order valence-electron chi connectivity index (χ1n) is 10.2. The molecule has 28 heavy (non-hydrogen) atoms. The molecule has 0 amide bonds. The van der Waals surface area contributed by atoms with Crippen LogP contribution in [0.15, 0.2) is 60.8 Å². The molecule has 0 saturated carbocycles. The second-order valence-corrected chi connectivity index (χ2v) is 7.08. The molecule has 2 nitrogen and oxygen atoms in total. The molecule has 0 radical (unpaired) electrons. The predicted octanol–water partition coefficient (Wildman–Crippen LogP) is 7.08. The van der Waals surface area contributed by atoms with Crippen LogP contribution >= 0.6 is 0 Å². The number of benzene rings is 2. The van der Waals surface area contributed by atoms with E-state index in [1.807, 2.05) is 43.5 Å². The molecule has 0 atom stereocenters. The molecular weight excluding hydrogens is 349 g/mol. The van der Waals surface area contributed by atoms with Crippen LogP contribution in [0.1, 0.15) is 45.1 Å². The summed E-state index contributed by atoms with van der Waals surface area (Å²) in [7, 11) is 0. The van der Waals surface area contributed by atoms with Gasteiger partial charge in [0.15, 0.2) is 0 Å². The van der Waals surface area contributed by atoms with Crippen LogP contribution in [0.2, 0.25) is 0 Å². The van der Waals surface area contributed by atoms with Crippen molar-refractivity contribution in [2.75, 3.05) is 6.61 Å². The smallest absolute Gasteiger partial charge is 0.134 e. The van der Waals surface area contributed by atoms with Crippen LogP contribution in [0, 0.1) is 5.82 Å². The molecule has 3 heteroatoms. The molecule has 1 heterocycles. The van der Waals surface area contributed by atoms with Crippen molar-refractivity contribution in [1.29, 1.82) is 0 Å². The van der Waals surface area contributed by atoms with Crippen molar-refractivity contribution >= 4 is 0 Å². The minimum absolute atomic E-state index is 0.268. The standard InChI is InChI=1S/C25H28FNO/c1-3-5-6-7-19-8-15-25(27-18-19)21-11-9-20(10-12-21)23-14-13-22(17-24(23)26)28-16-4-2/h8-15,17-18H,3-7,16H2,1-2H3. The summed E-state index contributed by atoms with van der Waals surface area (Å²) in [6.45, 7) is 4.84. The fourth-order valence-electron chi connectivity index (χ4n) is 3.18. The van der Waals surface area contributed by atoms with E-state index in [4.69, 9.17) is 4.74 Å². The molecule has 0 aliphatic carbocycles. The number of halogens is 1. The van der Waals surface area contributed by atoms with Gasteiger partial charge in [0.2, 0.25) is 0 Å². The van der Waals surface area contributed by atoms with E-state index >= 15 is 0 Å². The summed E-state index contributed by atoms with van der Waals surface area (Å²) < 4.78 is 20.0. The fraction of sp³-hybridized carbons (Fsp3) is 0.320. The van der Waals surface area contributed by atoms with E-state index < -0.39 is 0 Å². The van der Waals surface area contributed by atoms with Crippen molar-refractivity contribution in [1.82, 2.24) is 4.98 Å². The number of pyridine rings is 1. The Hall–Kier alpha value is -2.68. The molecule has 0 aliphatic heterocycles. The predicted molar refractivity (Wildman–Crippen MR) is 114 cm³/mol. The van der Waals surface area contributed by atoms with Gasteiger partial charge < -0.3 is 4.74 Å². The van der Waals surface area contributed by atoms with E-state index in [-0.39, 0.29) is 5.82 Å². The lowest BCUT2D eigenvalue weighted by Gasteiger charge is -2.09. The molecular formula is C25H28FNO. The highest BCUT2D eigenvalue weighted by molar-refractivity contribution is 5.69. The number of aryl methyl sites for hydroxylation is 1. The second-order valence-electron chi connectivity index (χ2n) is 7.08. The molecule has 0 unspecified atom stereocenters. The SMILES string of the molecule is CCCCCc1ccc(-c2ccc(-c3ccc(OCCC)cc3F)cc2)nc1. The number of rotatable bonds is 9. The van der Waals surface area contributed by atoms with E-state index in [0.717, 1.165) is 29.7 Å². The van der Waals surface area contributed by atoms with Gasteiger partial charge in [-0.1, -0.05) is 57.0 Å². The van der Waals surface area contributed by atoms with Gasteiger partial charge in [0.1, 0.15) is 11.6 Å². The van der Waals surface area contributed by atoms with Gasteiger partial charge in [-0.2, -0.15) is 0 Å². The van der Waals surface area contributed by atoms with Crippen molar-refractivity contribution in [3.8, 4) is 28.1 Å². The number of nitrogens with zero attached hydrogens (tertiary/aromatic N) is 1. The third-order valence-electron chi connectivity index (χ3n) is 4.80. The topological polar surface area (TPSA) is 22.1 Å². The van der Waals surface area contributed by atoms with E-state index in [0.29, 0.717) is 17.9 Å². The Labute approximate surface area is 167 Å². The molecule has 0 bridgehead atoms. The molecule has 0 saturated heterocycles. The van der Waals surface area contributed by atoms with Crippen LogP contribution in [0.3, 0.4) is 0 Å². The van der Waals surface area contributed by atoms with Crippen LogP contribution in [-0.2, 0) is 6.42 Å². The Kier molecular flexibility index (Phi) is 7.18. The third-order valence-corrected chi connectivity index (χ3v) is 4.80. The van der Waals surface area contributed by atoms with Crippen molar-refractivity contribution < 1.29 is 9.13 Å². The number of unbranched alkanes of at least 4 members (excludes halogenated alkanes) is 2. The quantitative estimate of drug-likeness (QED) is 0.372. The van der Waals surface area contributed by atoms with E-state index in [9.17, 15) is 4.39 Å². The average Bonchev–Trinajstić information content (AvgIpc) is 2.73. The number of hydrogen-bond donors (Lipinski definition) is 0. The minimum atomic E-state index is -0.268. The zero-order chi connectivity index (χ0) is 19.8. The van der Waals surface area contributed by atoms with Gasteiger partial charge in [0.25, 0.3) is 0 Å². The highest BCUT2D eigenvalue weighted by Gasteiger charge is 2.08. The Balaban J connectivity index is 1.71. The van der Waals surface area contributed by atoms with Gasteiger partial charge in [0.05, 0.1) is 12.3 Å². The lowest BCUT2D eigenvalue weighted by molar-refractivity contribution is 0.316. The molecule has 0 fully saturated rings. The Morgan fingerprint density at radius 3 is 2.29 bits per heavy atom. The van der Waals surface area contributed by atoms with Gasteiger partial charge in [-0.15, -0.1) is 0 Å². The van der Waals surface area contributed by atoms with E-state index in [1.165, 1.54) is 30.9 Å². The van der Waals surface area contributed by atoms with Crippen LogP contribution in [-0.4, -0.2) is 11.6 Å². The Morgan fingerprint density at radius 2 is 1.64 bits per heavy atom. The molecule has 3 aromatic rings. The van der Waals surface area contributed by atoms with Crippen LogP contribution in [0.5, 0.6) is 5.75 Å². The summed E-state index contributed by atoms with van der Waals surface area (Å²) in [5.74, 6) is 0.304. The Bertz CT molecular complexity index is 872. The van der Waals surface area contributed by atoms with Gasteiger partial charge in [0, 0.05) is 23.4 Å². The van der Waals surface area contributed by atoms with Crippen LogP contribution in [0.4, 0.5) is 4.39 Å². The molecule has 3 rings (SSSR count). The van der Waals surface area contributed by atoms with Crippen LogP contribution < -0.4 is 4.74 Å². The normalized spacial score (nSPS) is 10.8. The summed E-state index contributed by atoms with van der Waals surface area (Å²) in [5.41, 5.74) is 4.68. The summed E-state index contributed by atoms with van der Waals surface area (Å²) in [5, 5.41) is 0. The third kappa shape index (κ3) is 5.19. The summed E-state index contributed by atoms with van der Waals surface area (Å²) in [4.78, 5) is 4.60. The Morgan fingerprint density at radius 1 is 0.857 bits per heavy atom. The molecule has 0 aliphatic rings. The molecule has 1 aromatic heterocycles. The van der Waals surface area contributed by atoms with Gasteiger partial charge >= 0.3 is 0 Å². The number of aromatic nitrogens is 1. The minimum Gasteiger partial charge on any atom is -0.494 e. The highest BCUT2D eigenvalue weighted by atomic mass is 19.1. The molecule has 0 spiro atoms. The maximum absolute atomic E-state index is 14.5. The average molecular weight is 378 g/mol.